The van der Waals surface area contributed by atoms with Gasteiger partial charge in [-0.2, -0.15) is 0 Å². The lowest BCUT2D eigenvalue weighted by Crippen LogP contribution is -2.49. The van der Waals surface area contributed by atoms with Gasteiger partial charge in [-0.15, -0.1) is 0 Å². The number of carbonyl (C=O) groups is 2. The molecule has 0 bridgehead atoms. The molecule has 0 fully saturated rings. The molecule has 3 aromatic carbocycles. The second-order valence-electron chi connectivity index (χ2n) is 9.16. The lowest BCUT2D eigenvalue weighted by atomic mass is 9.88. The third-order valence-electron chi connectivity index (χ3n) is 6.43. The predicted molar refractivity (Wildman–Crippen MR) is 143 cm³/mol. The van der Waals surface area contributed by atoms with Crippen LogP contribution in [-0.2, 0) is 16.1 Å². The third-order valence-corrected chi connectivity index (χ3v) is 6.43. The zero-order chi connectivity index (χ0) is 25.0. The van der Waals surface area contributed by atoms with Gasteiger partial charge in [-0.1, -0.05) is 111 Å². The number of nitrogens with zero attached hydrogens (tertiary/aromatic N) is 1. The third kappa shape index (κ3) is 7.54. The summed E-state index contributed by atoms with van der Waals surface area (Å²) < 4.78 is 0. The molecule has 0 aliphatic rings. The van der Waals surface area contributed by atoms with Gasteiger partial charge < -0.3 is 10.2 Å². The molecule has 0 heterocycles. The lowest BCUT2D eigenvalue weighted by molar-refractivity contribution is -0.141. The number of amides is 2. The number of nitrogens with one attached hydrogen (secondary N) is 1. The number of hydrogen-bond donors (Lipinski definition) is 1. The number of aryl methyl sites for hydroxylation is 1. The molecule has 2 amide bonds. The van der Waals surface area contributed by atoms with Crippen LogP contribution in [0.3, 0.4) is 0 Å². The highest BCUT2D eigenvalue weighted by Crippen LogP contribution is 2.29. The van der Waals surface area contributed by atoms with E-state index in [9.17, 15) is 9.59 Å². The highest BCUT2D eigenvalue weighted by molar-refractivity contribution is 5.88. The first kappa shape index (κ1) is 26.2. The van der Waals surface area contributed by atoms with Crippen molar-refractivity contribution in [2.75, 3.05) is 6.54 Å². The van der Waals surface area contributed by atoms with Crippen LogP contribution in [0.5, 0.6) is 0 Å². The molecule has 0 aliphatic heterocycles. The van der Waals surface area contributed by atoms with Gasteiger partial charge in [0.15, 0.2) is 0 Å². The monoisotopic (exact) mass is 470 g/mol. The Kier molecular flexibility index (Phi) is 10.1. The van der Waals surface area contributed by atoms with Gasteiger partial charge in [-0.3, -0.25) is 9.59 Å². The molecule has 0 spiro atoms. The van der Waals surface area contributed by atoms with Crippen LogP contribution >= 0.6 is 0 Å². The van der Waals surface area contributed by atoms with Gasteiger partial charge in [0.25, 0.3) is 0 Å². The zero-order valence-electron chi connectivity index (χ0n) is 21.2. The molecule has 35 heavy (non-hydrogen) atoms. The van der Waals surface area contributed by atoms with E-state index < -0.39 is 6.04 Å². The summed E-state index contributed by atoms with van der Waals surface area (Å²) in [5.74, 6) is -0.162. The highest BCUT2D eigenvalue weighted by atomic mass is 16.2. The first-order valence-electron chi connectivity index (χ1n) is 12.8. The van der Waals surface area contributed by atoms with Gasteiger partial charge in [0.2, 0.25) is 11.8 Å². The van der Waals surface area contributed by atoms with Crippen LogP contribution in [0.4, 0.5) is 0 Å². The summed E-state index contributed by atoms with van der Waals surface area (Å²) in [6.45, 7) is 7.17. The van der Waals surface area contributed by atoms with E-state index in [1.807, 2.05) is 68.4 Å². The Morgan fingerprint density at radius 3 is 2.03 bits per heavy atom. The first-order valence-corrected chi connectivity index (χ1v) is 12.8. The highest BCUT2D eigenvalue weighted by Gasteiger charge is 2.30. The van der Waals surface area contributed by atoms with Crippen LogP contribution < -0.4 is 5.32 Å². The minimum absolute atomic E-state index is 0.0123. The number of benzene rings is 3. The molecule has 0 aromatic heterocycles. The Morgan fingerprint density at radius 1 is 0.857 bits per heavy atom. The maximum atomic E-state index is 14.0. The van der Waals surface area contributed by atoms with Gasteiger partial charge in [-0.05, 0) is 36.5 Å². The standard InChI is InChI=1S/C31H38N2O2/c1-4-6-20-32-31(35)29(5-2)33(23-25-15-13-14-24(3)21-25)30(34)22-28(26-16-9-7-10-17-26)27-18-11-8-12-19-27/h7-19,21,28-29H,4-6,20,22-23H2,1-3H3,(H,32,35). The summed E-state index contributed by atoms with van der Waals surface area (Å²) in [6.07, 6.45) is 2.81. The maximum Gasteiger partial charge on any atom is 0.242 e. The van der Waals surface area contributed by atoms with Crippen molar-refractivity contribution in [3.63, 3.8) is 0 Å². The predicted octanol–water partition coefficient (Wildman–Crippen LogP) is 6.24. The van der Waals surface area contributed by atoms with Gasteiger partial charge in [0.05, 0.1) is 0 Å². The fourth-order valence-corrected chi connectivity index (χ4v) is 4.52. The minimum Gasteiger partial charge on any atom is -0.354 e. The molecule has 184 valence electrons. The summed E-state index contributed by atoms with van der Waals surface area (Å²) in [4.78, 5) is 28.9. The molecule has 3 rings (SSSR count). The first-order chi connectivity index (χ1) is 17.0. The van der Waals surface area contributed by atoms with E-state index in [0.29, 0.717) is 25.9 Å². The average Bonchev–Trinajstić information content (AvgIpc) is 2.88. The number of unbranched alkanes of at least 4 members (excludes halogenated alkanes) is 1. The quantitative estimate of drug-likeness (QED) is 0.319. The van der Waals surface area contributed by atoms with Gasteiger partial charge in [-0.25, -0.2) is 0 Å². The molecule has 1 unspecified atom stereocenters. The van der Waals surface area contributed by atoms with Crippen molar-refractivity contribution in [2.45, 2.75) is 65.0 Å². The summed E-state index contributed by atoms with van der Waals surface area (Å²) in [6, 6.07) is 28.0. The van der Waals surface area contributed by atoms with Gasteiger partial charge in [0.1, 0.15) is 6.04 Å². The molecule has 3 aromatic rings. The van der Waals surface area contributed by atoms with Crippen molar-refractivity contribution in [1.29, 1.82) is 0 Å². The summed E-state index contributed by atoms with van der Waals surface area (Å²) in [5.41, 5.74) is 4.38. The normalized spacial score (nSPS) is 11.8. The molecule has 0 saturated carbocycles. The minimum atomic E-state index is -0.507. The van der Waals surface area contributed by atoms with Crippen molar-refractivity contribution in [2.24, 2.45) is 0 Å². The van der Waals surface area contributed by atoms with Crippen molar-refractivity contribution in [3.8, 4) is 0 Å². The molecule has 0 radical (unpaired) electrons. The van der Waals surface area contributed by atoms with Crippen LogP contribution in [0.15, 0.2) is 84.9 Å². The van der Waals surface area contributed by atoms with Crippen molar-refractivity contribution in [1.82, 2.24) is 10.2 Å². The van der Waals surface area contributed by atoms with Crippen molar-refractivity contribution in [3.05, 3.63) is 107 Å². The van der Waals surface area contributed by atoms with E-state index >= 15 is 0 Å². The van der Waals surface area contributed by atoms with Crippen LogP contribution in [0.2, 0.25) is 0 Å². The molecule has 4 heteroatoms. The number of carbonyl (C=O) groups excluding carboxylic acids is 2. The molecular formula is C31H38N2O2. The fraction of sp³-hybridized carbons (Fsp3) is 0.355. The Hall–Kier alpha value is -3.40. The maximum absolute atomic E-state index is 14.0. The topological polar surface area (TPSA) is 49.4 Å². The second kappa shape index (κ2) is 13.5. The summed E-state index contributed by atoms with van der Waals surface area (Å²) >= 11 is 0. The van der Waals surface area contributed by atoms with Crippen molar-refractivity contribution >= 4 is 11.8 Å². The van der Waals surface area contributed by atoms with Crippen LogP contribution in [0, 0.1) is 6.92 Å². The number of hydrogen-bond acceptors (Lipinski definition) is 2. The summed E-state index contributed by atoms with van der Waals surface area (Å²) in [7, 11) is 0. The SMILES string of the molecule is CCCCNC(=O)C(CC)N(Cc1cccc(C)c1)C(=O)CC(c1ccccc1)c1ccccc1. The largest absolute Gasteiger partial charge is 0.354 e. The van der Waals surface area contributed by atoms with Gasteiger partial charge >= 0.3 is 0 Å². The van der Waals surface area contributed by atoms with E-state index in [0.717, 1.165) is 35.1 Å². The molecule has 4 nitrogen and oxygen atoms in total. The number of rotatable bonds is 12. The smallest absolute Gasteiger partial charge is 0.242 e. The zero-order valence-corrected chi connectivity index (χ0v) is 21.2. The molecule has 0 aliphatic carbocycles. The van der Waals surface area contributed by atoms with E-state index in [1.54, 1.807) is 4.90 Å². The Morgan fingerprint density at radius 2 is 1.49 bits per heavy atom. The van der Waals surface area contributed by atoms with Crippen LogP contribution in [0.25, 0.3) is 0 Å². The summed E-state index contributed by atoms with van der Waals surface area (Å²) in [5, 5.41) is 3.05. The molecular weight excluding hydrogens is 432 g/mol. The van der Waals surface area contributed by atoms with E-state index in [4.69, 9.17) is 0 Å². The Balaban J connectivity index is 1.92. The fourth-order valence-electron chi connectivity index (χ4n) is 4.52. The van der Waals surface area contributed by atoms with Crippen LogP contribution in [-0.4, -0.2) is 29.3 Å². The Bertz CT molecular complexity index is 1030. The lowest BCUT2D eigenvalue weighted by Gasteiger charge is -2.32. The Labute approximate surface area is 210 Å². The van der Waals surface area contributed by atoms with Crippen molar-refractivity contribution < 1.29 is 9.59 Å². The van der Waals surface area contributed by atoms with Crippen LogP contribution in [0.1, 0.15) is 67.7 Å². The molecule has 0 saturated heterocycles. The molecule has 1 atom stereocenters. The van der Waals surface area contributed by atoms with E-state index in [-0.39, 0.29) is 17.7 Å². The second-order valence-corrected chi connectivity index (χ2v) is 9.16. The van der Waals surface area contributed by atoms with E-state index in [1.165, 1.54) is 0 Å². The van der Waals surface area contributed by atoms with E-state index in [2.05, 4.69) is 42.6 Å². The average molecular weight is 471 g/mol. The van der Waals surface area contributed by atoms with Gasteiger partial charge in [0, 0.05) is 25.4 Å². The molecule has 1 N–H and O–H groups in total.